The SMILES string of the molecule is CNNC(=O)CC(C)(C)OCCC(C)(C)NC(=O)CCN1C(=O)CCC1=O. The molecule has 3 N–H and O–H groups in total. The van der Waals surface area contributed by atoms with Gasteiger partial charge in [-0.15, -0.1) is 0 Å². The first-order valence-electron chi connectivity index (χ1n) is 9.19. The third-order valence-corrected chi connectivity index (χ3v) is 4.27. The predicted octanol–water partition coefficient (Wildman–Crippen LogP) is 0.246. The van der Waals surface area contributed by atoms with Crippen LogP contribution in [0.25, 0.3) is 0 Å². The van der Waals surface area contributed by atoms with Crippen molar-refractivity contribution in [3.05, 3.63) is 0 Å². The van der Waals surface area contributed by atoms with Gasteiger partial charge in [0.25, 0.3) is 0 Å². The highest BCUT2D eigenvalue weighted by Crippen LogP contribution is 2.18. The van der Waals surface area contributed by atoms with Crippen LogP contribution in [0.15, 0.2) is 0 Å². The van der Waals surface area contributed by atoms with E-state index in [0.29, 0.717) is 13.0 Å². The molecule has 0 aromatic rings. The standard InChI is InChI=1S/C18H32N4O5/c1-17(2,9-11-27-18(3,4)12-14(24)21-19-5)20-13(23)8-10-22-15(25)6-7-16(22)26/h19H,6-12H2,1-5H3,(H,20,23)(H,21,24). The van der Waals surface area contributed by atoms with E-state index in [2.05, 4.69) is 16.2 Å². The smallest absolute Gasteiger partial charge is 0.236 e. The molecule has 1 fully saturated rings. The van der Waals surface area contributed by atoms with Gasteiger partial charge in [0.05, 0.1) is 12.0 Å². The number of nitrogens with one attached hydrogen (secondary N) is 3. The fraction of sp³-hybridized carbons (Fsp3) is 0.778. The Morgan fingerprint density at radius 1 is 1.07 bits per heavy atom. The van der Waals surface area contributed by atoms with Gasteiger partial charge in [-0.2, -0.15) is 0 Å². The molecule has 0 bridgehead atoms. The van der Waals surface area contributed by atoms with Gasteiger partial charge in [0, 0.05) is 45.0 Å². The van der Waals surface area contributed by atoms with Gasteiger partial charge in [0.1, 0.15) is 0 Å². The van der Waals surface area contributed by atoms with Crippen molar-refractivity contribution in [2.75, 3.05) is 20.2 Å². The maximum absolute atomic E-state index is 12.1. The van der Waals surface area contributed by atoms with Gasteiger partial charge in [0.2, 0.25) is 23.6 Å². The first-order chi connectivity index (χ1) is 12.5. The Morgan fingerprint density at radius 2 is 1.67 bits per heavy atom. The second-order valence-electron chi connectivity index (χ2n) is 7.95. The summed E-state index contributed by atoms with van der Waals surface area (Å²) in [5.41, 5.74) is 3.94. The largest absolute Gasteiger partial charge is 0.375 e. The molecular weight excluding hydrogens is 352 g/mol. The van der Waals surface area contributed by atoms with Crippen molar-refractivity contribution in [1.29, 1.82) is 0 Å². The van der Waals surface area contributed by atoms with Crippen molar-refractivity contribution in [2.45, 2.75) is 70.9 Å². The van der Waals surface area contributed by atoms with E-state index in [1.54, 1.807) is 7.05 Å². The molecule has 1 heterocycles. The van der Waals surface area contributed by atoms with Gasteiger partial charge in [-0.25, -0.2) is 5.43 Å². The second kappa shape index (κ2) is 9.80. The van der Waals surface area contributed by atoms with E-state index in [0.717, 1.165) is 4.90 Å². The second-order valence-corrected chi connectivity index (χ2v) is 7.95. The molecule has 154 valence electrons. The van der Waals surface area contributed by atoms with E-state index in [-0.39, 0.29) is 55.9 Å². The number of carbonyl (C=O) groups excluding carboxylic acids is 4. The Morgan fingerprint density at radius 3 is 2.22 bits per heavy atom. The Hall–Kier alpha value is -2.00. The minimum Gasteiger partial charge on any atom is -0.375 e. The molecule has 1 saturated heterocycles. The summed E-state index contributed by atoms with van der Waals surface area (Å²) in [5.74, 6) is -0.823. The van der Waals surface area contributed by atoms with Crippen LogP contribution in [0.3, 0.4) is 0 Å². The van der Waals surface area contributed by atoms with E-state index in [1.807, 2.05) is 27.7 Å². The molecule has 4 amide bonds. The van der Waals surface area contributed by atoms with E-state index in [4.69, 9.17) is 4.74 Å². The number of nitrogens with zero attached hydrogens (tertiary/aromatic N) is 1. The zero-order valence-corrected chi connectivity index (χ0v) is 16.9. The summed E-state index contributed by atoms with van der Waals surface area (Å²) in [6.07, 6.45) is 1.30. The normalized spacial score (nSPS) is 15.2. The fourth-order valence-electron chi connectivity index (χ4n) is 2.79. The molecule has 0 saturated carbocycles. The number of ether oxygens (including phenoxy) is 1. The van der Waals surface area contributed by atoms with Crippen LogP contribution < -0.4 is 16.2 Å². The summed E-state index contributed by atoms with van der Waals surface area (Å²) in [5, 5.41) is 2.90. The molecule has 9 nitrogen and oxygen atoms in total. The first kappa shape index (κ1) is 23.0. The lowest BCUT2D eigenvalue weighted by atomic mass is 10.00. The first-order valence-corrected chi connectivity index (χ1v) is 9.19. The van der Waals surface area contributed by atoms with Crippen LogP contribution in [0.1, 0.15) is 59.8 Å². The van der Waals surface area contributed by atoms with Crippen LogP contribution in [0, 0.1) is 0 Å². The molecule has 0 spiro atoms. The molecule has 0 unspecified atom stereocenters. The van der Waals surface area contributed by atoms with Gasteiger partial charge >= 0.3 is 0 Å². The Kier molecular flexibility index (Phi) is 8.36. The van der Waals surface area contributed by atoms with E-state index >= 15 is 0 Å². The highest BCUT2D eigenvalue weighted by atomic mass is 16.5. The molecule has 27 heavy (non-hydrogen) atoms. The number of hydrazine groups is 1. The number of likely N-dealkylation sites (tertiary alicyclic amines) is 1. The Balaban J connectivity index is 2.35. The minimum atomic E-state index is -0.627. The number of amides is 4. The Labute approximate surface area is 160 Å². The van der Waals surface area contributed by atoms with Crippen LogP contribution >= 0.6 is 0 Å². The monoisotopic (exact) mass is 384 g/mol. The van der Waals surface area contributed by atoms with Gasteiger partial charge in [0.15, 0.2) is 0 Å². The Bertz CT molecular complexity index is 558. The van der Waals surface area contributed by atoms with Crippen LogP contribution in [-0.2, 0) is 23.9 Å². The van der Waals surface area contributed by atoms with Gasteiger partial charge < -0.3 is 10.1 Å². The predicted molar refractivity (Wildman–Crippen MR) is 99.3 cm³/mol. The lowest BCUT2D eigenvalue weighted by Gasteiger charge is -2.30. The molecular formula is C18H32N4O5. The maximum Gasteiger partial charge on any atom is 0.236 e. The molecule has 0 radical (unpaired) electrons. The maximum atomic E-state index is 12.1. The molecule has 1 rings (SSSR count). The minimum absolute atomic E-state index is 0.0808. The highest BCUT2D eigenvalue weighted by Gasteiger charge is 2.30. The lowest BCUT2D eigenvalue weighted by Crippen LogP contribution is -2.46. The van der Waals surface area contributed by atoms with Crippen molar-refractivity contribution in [3.63, 3.8) is 0 Å². The quantitative estimate of drug-likeness (QED) is 0.347. The third kappa shape index (κ3) is 8.49. The molecule has 1 aliphatic rings. The molecule has 9 heteroatoms. The molecule has 0 aromatic carbocycles. The molecule has 1 aliphatic heterocycles. The van der Waals surface area contributed by atoms with Crippen LogP contribution in [0.2, 0.25) is 0 Å². The van der Waals surface area contributed by atoms with Crippen molar-refractivity contribution >= 4 is 23.6 Å². The van der Waals surface area contributed by atoms with E-state index in [9.17, 15) is 19.2 Å². The van der Waals surface area contributed by atoms with Crippen molar-refractivity contribution in [3.8, 4) is 0 Å². The summed E-state index contributed by atoms with van der Waals surface area (Å²) in [7, 11) is 1.62. The average Bonchev–Trinajstić information content (AvgIpc) is 2.82. The van der Waals surface area contributed by atoms with E-state index < -0.39 is 11.1 Å². The van der Waals surface area contributed by atoms with E-state index in [1.165, 1.54) is 0 Å². The van der Waals surface area contributed by atoms with Gasteiger partial charge in [-0.3, -0.25) is 29.5 Å². The fourth-order valence-corrected chi connectivity index (χ4v) is 2.79. The number of hydrogen-bond acceptors (Lipinski definition) is 6. The summed E-state index contributed by atoms with van der Waals surface area (Å²) >= 11 is 0. The summed E-state index contributed by atoms with van der Waals surface area (Å²) in [6, 6.07) is 0. The molecule has 0 aromatic heterocycles. The van der Waals surface area contributed by atoms with Crippen LogP contribution in [-0.4, -0.2) is 59.9 Å². The number of imide groups is 1. The number of carbonyl (C=O) groups is 4. The van der Waals surface area contributed by atoms with Crippen LogP contribution in [0.5, 0.6) is 0 Å². The molecule has 0 atom stereocenters. The van der Waals surface area contributed by atoms with Gasteiger partial charge in [-0.05, 0) is 34.1 Å². The average molecular weight is 384 g/mol. The zero-order valence-electron chi connectivity index (χ0n) is 16.9. The summed E-state index contributed by atoms with van der Waals surface area (Å²) < 4.78 is 5.80. The van der Waals surface area contributed by atoms with Crippen LogP contribution in [0.4, 0.5) is 0 Å². The zero-order chi connectivity index (χ0) is 20.7. The highest BCUT2D eigenvalue weighted by molar-refractivity contribution is 6.02. The van der Waals surface area contributed by atoms with Crippen molar-refractivity contribution < 1.29 is 23.9 Å². The summed E-state index contributed by atoms with van der Waals surface area (Å²) in [6.45, 7) is 7.90. The van der Waals surface area contributed by atoms with Gasteiger partial charge in [-0.1, -0.05) is 0 Å². The van der Waals surface area contributed by atoms with Crippen molar-refractivity contribution in [1.82, 2.24) is 21.1 Å². The topological polar surface area (TPSA) is 117 Å². The number of rotatable bonds is 11. The molecule has 0 aliphatic carbocycles. The number of hydrogen-bond donors (Lipinski definition) is 3. The van der Waals surface area contributed by atoms with Crippen molar-refractivity contribution in [2.24, 2.45) is 0 Å². The third-order valence-electron chi connectivity index (χ3n) is 4.27. The summed E-state index contributed by atoms with van der Waals surface area (Å²) in [4.78, 5) is 48.0. The lowest BCUT2D eigenvalue weighted by molar-refractivity contribution is -0.138.